The molecular formula is C29H23NO3S. The van der Waals surface area contributed by atoms with Gasteiger partial charge in [-0.25, -0.2) is 4.79 Å². The summed E-state index contributed by atoms with van der Waals surface area (Å²) in [5.74, 6) is -0.617. The lowest BCUT2D eigenvalue weighted by Crippen LogP contribution is -2.13. The quantitative estimate of drug-likeness (QED) is 0.170. The number of ether oxygens (including phenoxy) is 1. The Kier molecular flexibility index (Phi) is 5.50. The van der Waals surface area contributed by atoms with Gasteiger partial charge >= 0.3 is 5.97 Å². The number of hydrogen-bond donors (Lipinski definition) is 2. The molecule has 0 aliphatic heterocycles. The van der Waals surface area contributed by atoms with Crippen LogP contribution in [0.5, 0.6) is 0 Å². The van der Waals surface area contributed by atoms with Crippen molar-refractivity contribution in [3.63, 3.8) is 0 Å². The van der Waals surface area contributed by atoms with Crippen molar-refractivity contribution in [1.82, 2.24) is 0 Å². The number of anilines is 1. The molecule has 5 aromatic carbocycles. The number of methoxy groups -OCH3 is 1. The molecule has 0 aromatic heterocycles. The number of carbonyl (C=O) groups excluding carboxylic acids is 2. The van der Waals surface area contributed by atoms with E-state index in [4.69, 9.17) is 4.74 Å². The molecule has 0 fully saturated rings. The molecule has 34 heavy (non-hydrogen) atoms. The number of benzene rings is 5. The first-order chi connectivity index (χ1) is 16.4. The third-order valence-corrected chi connectivity index (χ3v) is 6.59. The Hall–Kier alpha value is -3.83. The maximum atomic E-state index is 13.5. The number of rotatable bonds is 3. The molecule has 5 heteroatoms. The van der Waals surface area contributed by atoms with Gasteiger partial charge in [0.15, 0.2) is 0 Å². The van der Waals surface area contributed by atoms with Crippen LogP contribution in [0.15, 0.2) is 77.7 Å². The zero-order valence-electron chi connectivity index (χ0n) is 19.1. The van der Waals surface area contributed by atoms with Gasteiger partial charge in [-0.2, -0.15) is 0 Å². The minimum absolute atomic E-state index is 0.214. The van der Waals surface area contributed by atoms with Crippen molar-refractivity contribution in [3.8, 4) is 0 Å². The summed E-state index contributed by atoms with van der Waals surface area (Å²) in [7, 11) is 1.38. The van der Waals surface area contributed by atoms with E-state index in [2.05, 4.69) is 17.9 Å². The van der Waals surface area contributed by atoms with Crippen LogP contribution in [-0.2, 0) is 4.74 Å². The summed E-state index contributed by atoms with van der Waals surface area (Å²) >= 11 is 4.31. The monoisotopic (exact) mass is 465 g/mol. The summed E-state index contributed by atoms with van der Waals surface area (Å²) in [6.07, 6.45) is 0. The first-order valence-electron chi connectivity index (χ1n) is 11.0. The SMILES string of the molecule is COC(=O)c1cc2cc(C(=O)Nc3ccc(S)cc3)c3cccc(C)c3c2c2c(C)cccc12. The Bertz CT molecular complexity index is 1620. The van der Waals surface area contributed by atoms with Crippen LogP contribution in [0.1, 0.15) is 31.8 Å². The number of aryl methyl sites for hydroxylation is 2. The van der Waals surface area contributed by atoms with Crippen molar-refractivity contribution in [1.29, 1.82) is 0 Å². The summed E-state index contributed by atoms with van der Waals surface area (Å²) < 4.78 is 5.09. The van der Waals surface area contributed by atoms with Gasteiger partial charge in [0, 0.05) is 16.1 Å². The van der Waals surface area contributed by atoms with Gasteiger partial charge in [-0.05, 0) is 93.7 Å². The van der Waals surface area contributed by atoms with Crippen LogP contribution in [-0.4, -0.2) is 19.0 Å². The van der Waals surface area contributed by atoms with Crippen molar-refractivity contribution in [2.24, 2.45) is 0 Å². The Balaban J connectivity index is 1.86. The molecule has 0 radical (unpaired) electrons. The lowest BCUT2D eigenvalue weighted by Gasteiger charge is -2.17. The molecule has 5 rings (SSSR count). The third kappa shape index (κ3) is 3.58. The van der Waals surface area contributed by atoms with E-state index in [1.807, 2.05) is 86.6 Å². The van der Waals surface area contributed by atoms with E-state index in [1.165, 1.54) is 7.11 Å². The van der Waals surface area contributed by atoms with Gasteiger partial charge in [0.2, 0.25) is 0 Å². The Morgan fingerprint density at radius 3 is 1.91 bits per heavy atom. The number of esters is 1. The van der Waals surface area contributed by atoms with Gasteiger partial charge in [-0.15, -0.1) is 12.6 Å². The molecule has 0 aliphatic carbocycles. The molecule has 0 bridgehead atoms. The maximum absolute atomic E-state index is 13.5. The smallest absolute Gasteiger partial charge is 0.338 e. The summed E-state index contributed by atoms with van der Waals surface area (Å²) in [4.78, 5) is 27.0. The average molecular weight is 466 g/mol. The molecular weight excluding hydrogens is 442 g/mol. The van der Waals surface area contributed by atoms with Gasteiger partial charge in [0.1, 0.15) is 0 Å². The van der Waals surface area contributed by atoms with E-state index in [9.17, 15) is 9.59 Å². The molecule has 0 heterocycles. The van der Waals surface area contributed by atoms with Gasteiger partial charge < -0.3 is 10.1 Å². The molecule has 0 unspecified atom stereocenters. The summed E-state index contributed by atoms with van der Waals surface area (Å²) in [5, 5.41) is 8.56. The van der Waals surface area contributed by atoms with Crippen LogP contribution in [0.4, 0.5) is 5.69 Å². The second-order valence-electron chi connectivity index (χ2n) is 8.43. The van der Waals surface area contributed by atoms with Gasteiger partial charge in [0.25, 0.3) is 5.91 Å². The van der Waals surface area contributed by atoms with Crippen LogP contribution < -0.4 is 5.32 Å². The molecule has 0 aliphatic rings. The van der Waals surface area contributed by atoms with E-state index < -0.39 is 5.97 Å². The highest BCUT2D eigenvalue weighted by molar-refractivity contribution is 7.80. The Morgan fingerprint density at radius 1 is 0.765 bits per heavy atom. The second-order valence-corrected chi connectivity index (χ2v) is 8.95. The fraction of sp³-hybridized carbons (Fsp3) is 0.103. The summed E-state index contributed by atoms with van der Waals surface area (Å²) in [6, 6.07) is 22.9. The highest BCUT2D eigenvalue weighted by Crippen LogP contribution is 2.39. The molecule has 168 valence electrons. The summed E-state index contributed by atoms with van der Waals surface area (Å²) in [5.41, 5.74) is 3.84. The molecule has 1 N–H and O–H groups in total. The number of amides is 1. The van der Waals surface area contributed by atoms with Crippen LogP contribution in [0.25, 0.3) is 32.3 Å². The minimum atomic E-state index is -0.403. The highest BCUT2D eigenvalue weighted by atomic mass is 32.1. The summed E-state index contributed by atoms with van der Waals surface area (Å²) in [6.45, 7) is 4.09. The number of fused-ring (bicyclic) bond motifs is 5. The minimum Gasteiger partial charge on any atom is -0.465 e. The topological polar surface area (TPSA) is 55.4 Å². The molecule has 4 nitrogen and oxygen atoms in total. The molecule has 0 atom stereocenters. The fourth-order valence-corrected chi connectivity index (χ4v) is 4.87. The van der Waals surface area contributed by atoms with Crippen molar-refractivity contribution in [3.05, 3.63) is 95.1 Å². The molecule has 0 saturated heterocycles. The van der Waals surface area contributed by atoms with Crippen molar-refractivity contribution in [2.75, 3.05) is 12.4 Å². The maximum Gasteiger partial charge on any atom is 0.338 e. The first-order valence-corrected chi connectivity index (χ1v) is 11.4. The standard InChI is InChI=1S/C29H23NO3S/c1-16-6-4-8-21-23(28(31)30-19-10-12-20(34)13-11-19)14-18-15-24(29(32)33-3)22-9-5-7-17(2)26(22)27(18)25(16)21/h4-15,34H,1-3H3,(H,30,31). The Labute approximate surface area is 202 Å². The van der Waals surface area contributed by atoms with Crippen LogP contribution in [0.3, 0.4) is 0 Å². The van der Waals surface area contributed by atoms with Crippen LogP contribution in [0.2, 0.25) is 0 Å². The van der Waals surface area contributed by atoms with E-state index in [-0.39, 0.29) is 5.91 Å². The third-order valence-electron chi connectivity index (χ3n) is 6.29. The van der Waals surface area contributed by atoms with E-state index in [1.54, 1.807) is 0 Å². The fourth-order valence-electron chi connectivity index (χ4n) is 4.72. The second kappa shape index (κ2) is 8.50. The van der Waals surface area contributed by atoms with Crippen molar-refractivity contribution in [2.45, 2.75) is 18.7 Å². The highest BCUT2D eigenvalue weighted by Gasteiger charge is 2.20. The van der Waals surface area contributed by atoms with E-state index in [0.29, 0.717) is 16.8 Å². The van der Waals surface area contributed by atoms with Gasteiger partial charge in [0.05, 0.1) is 12.7 Å². The zero-order valence-corrected chi connectivity index (χ0v) is 20.0. The van der Waals surface area contributed by atoms with E-state index in [0.717, 1.165) is 48.3 Å². The largest absolute Gasteiger partial charge is 0.465 e. The molecule has 0 spiro atoms. The zero-order chi connectivity index (χ0) is 24.0. The number of nitrogens with one attached hydrogen (secondary N) is 1. The van der Waals surface area contributed by atoms with E-state index >= 15 is 0 Å². The van der Waals surface area contributed by atoms with Crippen LogP contribution >= 0.6 is 12.6 Å². The van der Waals surface area contributed by atoms with Crippen LogP contribution in [0, 0.1) is 13.8 Å². The Morgan fingerprint density at radius 2 is 1.32 bits per heavy atom. The molecule has 5 aromatic rings. The average Bonchev–Trinajstić information content (AvgIpc) is 2.84. The number of hydrogen-bond acceptors (Lipinski definition) is 4. The lowest BCUT2D eigenvalue weighted by atomic mass is 9.87. The van der Waals surface area contributed by atoms with Gasteiger partial charge in [-0.3, -0.25) is 4.79 Å². The van der Waals surface area contributed by atoms with Gasteiger partial charge in [-0.1, -0.05) is 36.4 Å². The van der Waals surface area contributed by atoms with Crippen molar-refractivity contribution >= 4 is 62.5 Å². The number of thiol groups is 1. The number of carbonyl (C=O) groups is 2. The molecule has 0 saturated carbocycles. The first kappa shape index (κ1) is 22.0. The predicted molar refractivity (Wildman–Crippen MR) is 141 cm³/mol. The normalized spacial score (nSPS) is 11.2. The predicted octanol–water partition coefficient (Wildman–Crippen LogP) is 7.09. The lowest BCUT2D eigenvalue weighted by molar-refractivity contribution is 0.0603. The molecule has 1 amide bonds. The van der Waals surface area contributed by atoms with Crippen molar-refractivity contribution < 1.29 is 14.3 Å².